The monoisotopic (exact) mass is 334 g/mol. The average Bonchev–Trinajstić information content (AvgIpc) is 2.61. The Labute approximate surface area is 142 Å². The average molecular weight is 335 g/mol. The summed E-state index contributed by atoms with van der Waals surface area (Å²) in [5.74, 6) is 0.155. The zero-order valence-electron chi connectivity index (χ0n) is 13.3. The summed E-state index contributed by atoms with van der Waals surface area (Å²) in [5, 5.41) is 0.564. The minimum Gasteiger partial charge on any atom is -0.342 e. The van der Waals surface area contributed by atoms with E-state index in [1.165, 1.54) is 6.42 Å². The van der Waals surface area contributed by atoms with E-state index in [-0.39, 0.29) is 17.7 Å². The summed E-state index contributed by atoms with van der Waals surface area (Å²) in [5.41, 5.74) is 0.601. The zero-order chi connectivity index (χ0) is 16.2. The van der Waals surface area contributed by atoms with Crippen molar-refractivity contribution in [3.63, 3.8) is 0 Å². The number of hydrogen-bond donors (Lipinski definition) is 0. The van der Waals surface area contributed by atoms with Crippen molar-refractivity contribution in [3.8, 4) is 0 Å². The van der Waals surface area contributed by atoms with Gasteiger partial charge in [-0.3, -0.25) is 9.59 Å². The van der Waals surface area contributed by atoms with Gasteiger partial charge in [0, 0.05) is 36.8 Å². The first-order valence-corrected chi connectivity index (χ1v) is 8.86. The molecule has 2 heterocycles. The minimum absolute atomic E-state index is 0.0244. The second-order valence-corrected chi connectivity index (χ2v) is 6.92. The highest BCUT2D eigenvalue weighted by molar-refractivity contribution is 6.30. The maximum absolute atomic E-state index is 12.7. The van der Waals surface area contributed by atoms with E-state index >= 15 is 0 Å². The fourth-order valence-electron chi connectivity index (χ4n) is 3.54. The lowest BCUT2D eigenvalue weighted by Crippen LogP contribution is -2.47. The van der Waals surface area contributed by atoms with Gasteiger partial charge in [0.25, 0.3) is 5.91 Å². The van der Waals surface area contributed by atoms with Gasteiger partial charge in [-0.05, 0) is 50.3 Å². The Bertz CT molecular complexity index is 584. The summed E-state index contributed by atoms with van der Waals surface area (Å²) in [6.45, 7) is 2.99. The Kier molecular flexibility index (Phi) is 5.21. The maximum atomic E-state index is 12.7. The molecule has 1 unspecified atom stereocenters. The van der Waals surface area contributed by atoms with Crippen molar-refractivity contribution in [2.45, 2.75) is 32.1 Å². The molecule has 1 atom stereocenters. The number of benzene rings is 1. The van der Waals surface area contributed by atoms with Crippen molar-refractivity contribution in [1.82, 2.24) is 9.80 Å². The molecule has 2 fully saturated rings. The molecule has 5 heteroatoms. The smallest absolute Gasteiger partial charge is 0.253 e. The molecule has 2 aliphatic rings. The molecule has 0 aromatic heterocycles. The van der Waals surface area contributed by atoms with E-state index in [9.17, 15) is 9.59 Å². The van der Waals surface area contributed by atoms with Gasteiger partial charge in [-0.15, -0.1) is 0 Å². The summed E-state index contributed by atoms with van der Waals surface area (Å²) in [7, 11) is 0. The summed E-state index contributed by atoms with van der Waals surface area (Å²) in [4.78, 5) is 29.1. The number of halogens is 1. The van der Waals surface area contributed by atoms with Gasteiger partial charge in [0.15, 0.2) is 0 Å². The Morgan fingerprint density at radius 1 is 1.00 bits per heavy atom. The third-order valence-electron chi connectivity index (χ3n) is 4.80. The lowest BCUT2D eigenvalue weighted by Gasteiger charge is -2.36. The number of hydrogen-bond acceptors (Lipinski definition) is 2. The quantitative estimate of drug-likeness (QED) is 0.833. The van der Waals surface area contributed by atoms with Gasteiger partial charge in [0.1, 0.15) is 0 Å². The van der Waals surface area contributed by atoms with Crippen molar-refractivity contribution in [2.75, 3.05) is 26.2 Å². The lowest BCUT2D eigenvalue weighted by atomic mass is 9.95. The normalized spacial score (nSPS) is 22.0. The number of rotatable bonds is 2. The molecule has 0 radical (unpaired) electrons. The van der Waals surface area contributed by atoms with E-state index in [0.29, 0.717) is 17.1 Å². The van der Waals surface area contributed by atoms with E-state index in [0.717, 1.165) is 45.3 Å². The summed E-state index contributed by atoms with van der Waals surface area (Å²) < 4.78 is 0. The second kappa shape index (κ2) is 7.35. The van der Waals surface area contributed by atoms with Gasteiger partial charge in [-0.1, -0.05) is 17.7 Å². The predicted molar refractivity (Wildman–Crippen MR) is 90.5 cm³/mol. The molecule has 0 saturated carbocycles. The Morgan fingerprint density at radius 3 is 2.48 bits per heavy atom. The Morgan fingerprint density at radius 2 is 1.74 bits per heavy atom. The molecule has 1 aromatic carbocycles. The Balaban J connectivity index is 1.65. The first kappa shape index (κ1) is 16.3. The van der Waals surface area contributed by atoms with Crippen LogP contribution in [0.2, 0.25) is 5.02 Å². The first-order valence-electron chi connectivity index (χ1n) is 8.49. The molecule has 1 aromatic rings. The lowest BCUT2D eigenvalue weighted by molar-refractivity contribution is -0.137. The molecule has 23 heavy (non-hydrogen) atoms. The van der Waals surface area contributed by atoms with Crippen LogP contribution < -0.4 is 0 Å². The van der Waals surface area contributed by atoms with Crippen LogP contribution in [0.15, 0.2) is 24.3 Å². The van der Waals surface area contributed by atoms with Crippen LogP contribution in [0, 0.1) is 5.92 Å². The van der Waals surface area contributed by atoms with Crippen LogP contribution in [0.1, 0.15) is 42.5 Å². The van der Waals surface area contributed by atoms with Crippen LogP contribution in [0.3, 0.4) is 0 Å². The zero-order valence-corrected chi connectivity index (χ0v) is 14.1. The third kappa shape index (κ3) is 3.86. The van der Waals surface area contributed by atoms with Crippen LogP contribution in [0.25, 0.3) is 0 Å². The van der Waals surface area contributed by atoms with E-state index in [1.54, 1.807) is 24.3 Å². The molecule has 2 saturated heterocycles. The summed E-state index contributed by atoms with van der Waals surface area (Å²) >= 11 is 5.98. The SMILES string of the molecule is O=C(c1cccc(Cl)c1)N1CCCC(C(=O)N2CCCCC2)C1. The van der Waals surface area contributed by atoms with Crippen molar-refractivity contribution in [2.24, 2.45) is 5.92 Å². The molecular formula is C18H23ClN2O2. The van der Waals surface area contributed by atoms with Crippen molar-refractivity contribution < 1.29 is 9.59 Å². The standard InChI is InChI=1S/C18H23ClN2O2/c19-16-8-4-6-14(12-16)17(22)21-11-5-7-15(13-21)18(23)20-9-2-1-3-10-20/h4,6,8,12,15H,1-3,5,7,9-11,13H2. The van der Waals surface area contributed by atoms with E-state index in [2.05, 4.69) is 0 Å². The van der Waals surface area contributed by atoms with E-state index < -0.39 is 0 Å². The molecular weight excluding hydrogens is 312 g/mol. The number of piperidine rings is 2. The highest BCUT2D eigenvalue weighted by Gasteiger charge is 2.32. The number of carbonyl (C=O) groups excluding carboxylic acids is 2. The summed E-state index contributed by atoms with van der Waals surface area (Å²) in [6.07, 6.45) is 5.19. The van der Waals surface area contributed by atoms with Crippen molar-refractivity contribution in [1.29, 1.82) is 0 Å². The second-order valence-electron chi connectivity index (χ2n) is 6.49. The molecule has 3 rings (SSSR count). The van der Waals surface area contributed by atoms with Gasteiger partial charge in [0.05, 0.1) is 5.92 Å². The largest absolute Gasteiger partial charge is 0.342 e. The van der Waals surface area contributed by atoms with Crippen molar-refractivity contribution >= 4 is 23.4 Å². The van der Waals surface area contributed by atoms with Gasteiger partial charge in [0.2, 0.25) is 5.91 Å². The van der Waals surface area contributed by atoms with Gasteiger partial charge in [-0.2, -0.15) is 0 Å². The van der Waals surface area contributed by atoms with Gasteiger partial charge >= 0.3 is 0 Å². The minimum atomic E-state index is -0.0509. The fraction of sp³-hybridized carbons (Fsp3) is 0.556. The molecule has 0 aliphatic carbocycles. The molecule has 2 amide bonds. The number of nitrogens with zero attached hydrogens (tertiary/aromatic N) is 2. The summed E-state index contributed by atoms with van der Waals surface area (Å²) in [6, 6.07) is 7.03. The van der Waals surface area contributed by atoms with Gasteiger partial charge in [-0.25, -0.2) is 0 Å². The molecule has 0 spiro atoms. The van der Waals surface area contributed by atoms with E-state index in [4.69, 9.17) is 11.6 Å². The molecule has 0 bridgehead atoms. The third-order valence-corrected chi connectivity index (χ3v) is 5.03. The van der Waals surface area contributed by atoms with Crippen LogP contribution in [0.5, 0.6) is 0 Å². The van der Waals surface area contributed by atoms with Crippen molar-refractivity contribution in [3.05, 3.63) is 34.9 Å². The molecule has 2 aliphatic heterocycles. The van der Waals surface area contributed by atoms with Crippen LogP contribution in [-0.4, -0.2) is 47.8 Å². The first-order chi connectivity index (χ1) is 11.1. The fourth-order valence-corrected chi connectivity index (χ4v) is 3.73. The van der Waals surface area contributed by atoms with Crippen LogP contribution in [0.4, 0.5) is 0 Å². The number of amides is 2. The van der Waals surface area contributed by atoms with Crippen LogP contribution in [-0.2, 0) is 4.79 Å². The topological polar surface area (TPSA) is 40.6 Å². The highest BCUT2D eigenvalue weighted by Crippen LogP contribution is 2.23. The Hall–Kier alpha value is -1.55. The number of carbonyl (C=O) groups is 2. The number of likely N-dealkylation sites (tertiary alicyclic amines) is 2. The highest BCUT2D eigenvalue weighted by atomic mass is 35.5. The van der Waals surface area contributed by atoms with Crippen LogP contribution >= 0.6 is 11.6 Å². The van der Waals surface area contributed by atoms with Gasteiger partial charge < -0.3 is 9.80 Å². The predicted octanol–water partition coefficient (Wildman–Crippen LogP) is 3.20. The maximum Gasteiger partial charge on any atom is 0.253 e. The molecule has 4 nitrogen and oxygen atoms in total. The molecule has 124 valence electrons. The van der Waals surface area contributed by atoms with E-state index in [1.807, 2.05) is 9.80 Å². The molecule has 0 N–H and O–H groups in total.